The molecule has 1 amide bonds. The van der Waals surface area contributed by atoms with Gasteiger partial charge >= 0.3 is 0 Å². The van der Waals surface area contributed by atoms with E-state index >= 15 is 0 Å². The number of nitrogens with one attached hydrogen (secondary N) is 1. The third-order valence-corrected chi connectivity index (χ3v) is 6.67. The molecule has 0 bridgehead atoms. The molecule has 0 aliphatic carbocycles. The lowest BCUT2D eigenvalue weighted by atomic mass is 10.2. The molecule has 2 aromatic heterocycles. The maximum absolute atomic E-state index is 13.2. The van der Waals surface area contributed by atoms with E-state index in [0.717, 1.165) is 62.0 Å². The van der Waals surface area contributed by atoms with Gasteiger partial charge in [-0.15, -0.1) is 0 Å². The first-order valence-electron chi connectivity index (χ1n) is 11.7. The van der Waals surface area contributed by atoms with Crippen molar-refractivity contribution in [3.8, 4) is 0 Å². The zero-order valence-electron chi connectivity index (χ0n) is 19.4. The van der Waals surface area contributed by atoms with E-state index in [2.05, 4.69) is 27.1 Å². The Labute approximate surface area is 188 Å². The van der Waals surface area contributed by atoms with Crippen LogP contribution in [-0.2, 0) is 11.8 Å². The predicted octanol–water partition coefficient (Wildman–Crippen LogP) is 1.98. The molecule has 8 heteroatoms. The molecule has 1 atom stereocenters. The molecule has 3 aromatic rings. The topological polar surface area (TPSA) is 75.4 Å². The number of carbonyl (C=O) groups is 1. The van der Waals surface area contributed by atoms with E-state index in [1.54, 1.807) is 13.2 Å². The molecule has 0 saturated carbocycles. The number of piperazine rings is 1. The Balaban J connectivity index is 1.49. The smallest absolute Gasteiger partial charge is 0.291 e. The largest absolute Gasteiger partial charge is 0.354 e. The Bertz CT molecular complexity index is 1140. The van der Waals surface area contributed by atoms with Gasteiger partial charge in [-0.1, -0.05) is 32.0 Å². The number of amides is 1. The molecule has 8 nitrogen and oxygen atoms in total. The molecule has 1 aromatic carbocycles. The van der Waals surface area contributed by atoms with Crippen LogP contribution in [0.15, 0.2) is 35.3 Å². The first-order valence-corrected chi connectivity index (χ1v) is 11.7. The van der Waals surface area contributed by atoms with Gasteiger partial charge in [-0.25, -0.2) is 4.68 Å². The Kier molecular flexibility index (Phi) is 6.91. The van der Waals surface area contributed by atoms with Crippen molar-refractivity contribution in [3.63, 3.8) is 0 Å². The van der Waals surface area contributed by atoms with Crippen LogP contribution in [-0.4, -0.2) is 75.9 Å². The number of hydrogen-bond donors (Lipinski definition) is 1. The fourth-order valence-electron chi connectivity index (χ4n) is 4.76. The van der Waals surface area contributed by atoms with Crippen molar-refractivity contribution in [1.29, 1.82) is 0 Å². The number of fused-ring (bicyclic) bond motifs is 3. The average molecular weight is 439 g/mol. The minimum atomic E-state index is -0.444. The third-order valence-electron chi connectivity index (χ3n) is 6.67. The summed E-state index contributed by atoms with van der Waals surface area (Å²) < 4.78 is 3.24. The van der Waals surface area contributed by atoms with Crippen LogP contribution >= 0.6 is 0 Å². The summed E-state index contributed by atoms with van der Waals surface area (Å²) >= 11 is 0. The molecule has 4 rings (SSSR count). The highest BCUT2D eigenvalue weighted by Gasteiger charge is 2.25. The number of likely N-dealkylation sites (N-methyl/N-ethyl adjacent to an activating group) is 1. The van der Waals surface area contributed by atoms with Gasteiger partial charge in [0.2, 0.25) is 5.91 Å². The number of hydrogen-bond acceptors (Lipinski definition) is 5. The van der Waals surface area contributed by atoms with E-state index in [0.29, 0.717) is 18.5 Å². The number of aromatic nitrogens is 3. The van der Waals surface area contributed by atoms with Crippen molar-refractivity contribution >= 4 is 27.7 Å². The number of para-hydroxylation sites is 1. The molecule has 1 fully saturated rings. The molecular weight excluding hydrogens is 404 g/mol. The zero-order chi connectivity index (χ0) is 22.7. The van der Waals surface area contributed by atoms with Gasteiger partial charge in [-0.2, -0.15) is 5.10 Å². The number of carbonyl (C=O) groups excluding carboxylic acids is 1. The Morgan fingerprint density at radius 3 is 2.53 bits per heavy atom. The summed E-state index contributed by atoms with van der Waals surface area (Å²) in [6, 6.07) is 7.41. The average Bonchev–Trinajstić information content (AvgIpc) is 3.15. The second-order valence-corrected chi connectivity index (χ2v) is 8.57. The van der Waals surface area contributed by atoms with E-state index in [1.807, 2.05) is 35.8 Å². The Morgan fingerprint density at radius 1 is 1.09 bits per heavy atom. The van der Waals surface area contributed by atoms with E-state index < -0.39 is 6.04 Å². The summed E-state index contributed by atoms with van der Waals surface area (Å²) in [5, 5.41) is 9.06. The van der Waals surface area contributed by atoms with Crippen molar-refractivity contribution < 1.29 is 4.79 Å². The van der Waals surface area contributed by atoms with Gasteiger partial charge < -0.3 is 19.7 Å². The summed E-state index contributed by atoms with van der Waals surface area (Å²) in [4.78, 5) is 31.1. The van der Waals surface area contributed by atoms with Crippen LogP contribution in [0, 0.1) is 0 Å². The van der Waals surface area contributed by atoms with Crippen molar-refractivity contribution in [1.82, 2.24) is 29.5 Å². The lowest BCUT2D eigenvalue weighted by molar-refractivity contribution is -0.124. The van der Waals surface area contributed by atoms with E-state index in [4.69, 9.17) is 0 Å². The Hall–Kier alpha value is -2.71. The van der Waals surface area contributed by atoms with Crippen molar-refractivity contribution in [2.24, 2.45) is 7.05 Å². The van der Waals surface area contributed by atoms with Gasteiger partial charge in [0.15, 0.2) is 0 Å². The van der Waals surface area contributed by atoms with Gasteiger partial charge in [0.1, 0.15) is 11.6 Å². The van der Waals surface area contributed by atoms with Crippen LogP contribution in [0.3, 0.4) is 0 Å². The number of benzene rings is 1. The number of aryl methyl sites for hydroxylation is 1. The molecule has 0 spiro atoms. The maximum Gasteiger partial charge on any atom is 0.291 e. The van der Waals surface area contributed by atoms with Crippen molar-refractivity contribution in [2.45, 2.75) is 32.7 Å². The second-order valence-electron chi connectivity index (χ2n) is 8.57. The van der Waals surface area contributed by atoms with E-state index in [1.165, 1.54) is 4.68 Å². The first-order chi connectivity index (χ1) is 15.5. The van der Waals surface area contributed by atoms with Crippen LogP contribution in [0.2, 0.25) is 0 Å². The fraction of sp³-hybridized carbons (Fsp3) is 0.542. The minimum absolute atomic E-state index is 0.0372. The monoisotopic (exact) mass is 438 g/mol. The van der Waals surface area contributed by atoms with E-state index in [-0.39, 0.29) is 11.5 Å². The van der Waals surface area contributed by atoms with Crippen molar-refractivity contribution in [3.05, 3.63) is 40.8 Å². The molecule has 0 radical (unpaired) electrons. The van der Waals surface area contributed by atoms with Crippen LogP contribution in [0.1, 0.15) is 32.7 Å². The van der Waals surface area contributed by atoms with Crippen LogP contribution in [0.4, 0.5) is 0 Å². The standard InChI is InChI=1S/C24H34N6O2/c1-4-20(23(31)25-11-8-12-29-15-13-28(5-2)14-16-29)30-21-10-7-6-9-18(21)19-17-26-27(3)24(32)22(19)30/h6-7,9-10,17,20H,4-5,8,11-16H2,1-3H3,(H,25,31)/t20-/m1/s1. The number of rotatable bonds is 8. The van der Waals surface area contributed by atoms with Crippen molar-refractivity contribution in [2.75, 3.05) is 45.8 Å². The first kappa shape index (κ1) is 22.5. The molecule has 32 heavy (non-hydrogen) atoms. The highest BCUT2D eigenvalue weighted by Crippen LogP contribution is 2.30. The van der Waals surface area contributed by atoms with Crippen LogP contribution in [0.5, 0.6) is 0 Å². The quantitative estimate of drug-likeness (QED) is 0.545. The molecule has 1 aliphatic heterocycles. The molecule has 1 saturated heterocycles. The van der Waals surface area contributed by atoms with Gasteiger partial charge in [-0.3, -0.25) is 9.59 Å². The lowest BCUT2D eigenvalue weighted by Crippen LogP contribution is -2.46. The summed E-state index contributed by atoms with van der Waals surface area (Å²) in [7, 11) is 1.64. The molecule has 1 aliphatic rings. The summed E-state index contributed by atoms with van der Waals surface area (Å²) in [5.74, 6) is -0.0372. The summed E-state index contributed by atoms with van der Waals surface area (Å²) in [5.41, 5.74) is 1.25. The fourth-order valence-corrected chi connectivity index (χ4v) is 4.76. The highest BCUT2D eigenvalue weighted by atomic mass is 16.2. The molecule has 3 heterocycles. The van der Waals surface area contributed by atoms with Gasteiger partial charge in [0.05, 0.1) is 11.7 Å². The zero-order valence-corrected chi connectivity index (χ0v) is 19.4. The lowest BCUT2D eigenvalue weighted by Gasteiger charge is -2.34. The molecule has 0 unspecified atom stereocenters. The normalized spacial score (nSPS) is 16.6. The molecule has 172 valence electrons. The van der Waals surface area contributed by atoms with E-state index in [9.17, 15) is 9.59 Å². The summed E-state index contributed by atoms with van der Waals surface area (Å²) in [6.07, 6.45) is 3.25. The van der Waals surface area contributed by atoms with Gasteiger partial charge in [0, 0.05) is 50.5 Å². The van der Waals surface area contributed by atoms with Gasteiger partial charge in [-0.05, 0) is 32.0 Å². The minimum Gasteiger partial charge on any atom is -0.354 e. The summed E-state index contributed by atoms with van der Waals surface area (Å²) in [6.45, 7) is 11.4. The highest BCUT2D eigenvalue weighted by molar-refractivity contribution is 6.08. The third kappa shape index (κ3) is 4.29. The maximum atomic E-state index is 13.2. The SMILES string of the molecule is CC[C@H](C(=O)NCCCN1CCN(CC)CC1)n1c2ccccc2c2cnn(C)c(=O)c21. The van der Waals surface area contributed by atoms with Crippen LogP contribution in [0.25, 0.3) is 21.8 Å². The van der Waals surface area contributed by atoms with Crippen LogP contribution < -0.4 is 10.9 Å². The molecular formula is C24H34N6O2. The second kappa shape index (κ2) is 9.83. The van der Waals surface area contributed by atoms with Gasteiger partial charge in [0.25, 0.3) is 5.56 Å². The number of nitrogens with zero attached hydrogens (tertiary/aromatic N) is 5. The Morgan fingerprint density at radius 2 is 1.81 bits per heavy atom. The molecule has 1 N–H and O–H groups in total. The predicted molar refractivity (Wildman–Crippen MR) is 128 cm³/mol.